The molecule has 0 aliphatic heterocycles. The van der Waals surface area contributed by atoms with Gasteiger partial charge < -0.3 is 14.5 Å². The molecule has 1 aromatic heterocycles. The Balaban J connectivity index is 2.16. The van der Waals surface area contributed by atoms with Crippen LogP contribution in [0.5, 0.6) is 0 Å². The maximum absolute atomic E-state index is 11.9. The summed E-state index contributed by atoms with van der Waals surface area (Å²) in [6, 6.07) is 0. The van der Waals surface area contributed by atoms with Crippen LogP contribution in [0.2, 0.25) is 0 Å². The van der Waals surface area contributed by atoms with E-state index in [0.29, 0.717) is 24.0 Å². The predicted molar refractivity (Wildman–Crippen MR) is 68.2 cm³/mol. The lowest BCUT2D eigenvalue weighted by atomic mass is 10.2. The Labute approximate surface area is 116 Å². The van der Waals surface area contributed by atoms with E-state index in [2.05, 4.69) is 28.9 Å². The van der Waals surface area contributed by atoms with Crippen molar-refractivity contribution in [3.05, 3.63) is 17.8 Å². The van der Waals surface area contributed by atoms with Crippen molar-refractivity contribution in [1.29, 1.82) is 0 Å². The number of hydrogen-bond acceptors (Lipinski definition) is 4. The van der Waals surface area contributed by atoms with E-state index in [0.717, 1.165) is 19.5 Å². The number of halogens is 3. The van der Waals surface area contributed by atoms with Gasteiger partial charge in [0.1, 0.15) is 19.0 Å². The van der Waals surface area contributed by atoms with Gasteiger partial charge in [0, 0.05) is 6.42 Å². The summed E-state index contributed by atoms with van der Waals surface area (Å²) < 4.78 is 45.4. The Kier molecular flexibility index (Phi) is 7.01. The fraction of sp³-hybridized carbons (Fsp3) is 0.769. The highest BCUT2D eigenvalue weighted by molar-refractivity contribution is 4.92. The molecule has 1 heterocycles. The maximum Gasteiger partial charge on any atom is 0.411 e. The smallest absolute Gasteiger partial charge is 0.411 e. The standard InChI is InChI=1S/C13H21F3N2O2/c1-10(2)6-17-5-3-4-12-18-7-11(20-12)8-19-9-13(14,15)16/h7,10,17H,3-6,8-9H2,1-2H3. The third-order valence-corrected chi connectivity index (χ3v) is 2.41. The Hall–Kier alpha value is -1.08. The van der Waals surface area contributed by atoms with Crippen LogP contribution in [0.25, 0.3) is 0 Å². The van der Waals surface area contributed by atoms with Crippen LogP contribution in [0.1, 0.15) is 31.9 Å². The largest absolute Gasteiger partial charge is 0.443 e. The van der Waals surface area contributed by atoms with Gasteiger partial charge >= 0.3 is 6.18 Å². The molecule has 1 aromatic rings. The van der Waals surface area contributed by atoms with Crippen molar-refractivity contribution in [3.63, 3.8) is 0 Å². The summed E-state index contributed by atoms with van der Waals surface area (Å²) in [7, 11) is 0. The van der Waals surface area contributed by atoms with Crippen molar-refractivity contribution in [2.75, 3.05) is 19.7 Å². The zero-order valence-electron chi connectivity index (χ0n) is 11.8. The SMILES string of the molecule is CC(C)CNCCCc1ncc(COCC(F)(F)F)o1. The van der Waals surface area contributed by atoms with Gasteiger partial charge in [0.2, 0.25) is 0 Å². The third kappa shape index (κ3) is 8.16. The van der Waals surface area contributed by atoms with E-state index in [1.54, 1.807) is 0 Å². The van der Waals surface area contributed by atoms with E-state index in [9.17, 15) is 13.2 Å². The van der Waals surface area contributed by atoms with Crippen molar-refractivity contribution >= 4 is 0 Å². The second-order valence-electron chi connectivity index (χ2n) is 5.03. The number of nitrogens with one attached hydrogen (secondary N) is 1. The van der Waals surface area contributed by atoms with Crippen molar-refractivity contribution in [1.82, 2.24) is 10.3 Å². The van der Waals surface area contributed by atoms with E-state index in [-0.39, 0.29) is 6.61 Å². The summed E-state index contributed by atoms with van der Waals surface area (Å²) in [6.45, 7) is 4.60. The van der Waals surface area contributed by atoms with E-state index < -0.39 is 12.8 Å². The predicted octanol–water partition coefficient (Wildman–Crippen LogP) is 2.93. The molecule has 0 aliphatic rings. The highest BCUT2D eigenvalue weighted by Crippen LogP contribution is 2.16. The quantitative estimate of drug-likeness (QED) is 0.711. The van der Waals surface area contributed by atoms with Gasteiger partial charge in [-0.3, -0.25) is 0 Å². The number of nitrogens with zero attached hydrogens (tertiary/aromatic N) is 1. The van der Waals surface area contributed by atoms with Gasteiger partial charge in [0.15, 0.2) is 5.89 Å². The summed E-state index contributed by atoms with van der Waals surface area (Å²) in [6.07, 6.45) is -1.38. The fourth-order valence-electron chi connectivity index (χ4n) is 1.55. The van der Waals surface area contributed by atoms with Crippen molar-refractivity contribution in [2.45, 2.75) is 39.5 Å². The minimum atomic E-state index is -4.31. The molecular weight excluding hydrogens is 273 g/mol. The van der Waals surface area contributed by atoms with Gasteiger partial charge in [-0.25, -0.2) is 4.98 Å². The van der Waals surface area contributed by atoms with Gasteiger partial charge in [-0.2, -0.15) is 13.2 Å². The van der Waals surface area contributed by atoms with E-state index in [1.165, 1.54) is 6.20 Å². The molecule has 0 unspecified atom stereocenters. The number of aromatic nitrogens is 1. The van der Waals surface area contributed by atoms with Crippen LogP contribution in [0.15, 0.2) is 10.6 Å². The number of rotatable bonds is 9. The first kappa shape index (κ1) is 17.0. The Bertz CT molecular complexity index is 378. The first-order valence-corrected chi connectivity index (χ1v) is 6.65. The molecule has 0 atom stereocenters. The molecule has 0 saturated carbocycles. The van der Waals surface area contributed by atoms with Crippen LogP contribution in [-0.2, 0) is 17.8 Å². The molecular formula is C13H21F3N2O2. The van der Waals surface area contributed by atoms with Crippen LogP contribution in [0.4, 0.5) is 13.2 Å². The molecule has 116 valence electrons. The van der Waals surface area contributed by atoms with Crippen LogP contribution < -0.4 is 5.32 Å². The molecule has 0 saturated heterocycles. The van der Waals surface area contributed by atoms with E-state index in [4.69, 9.17) is 4.42 Å². The Morgan fingerprint density at radius 3 is 2.80 bits per heavy atom. The molecule has 4 nitrogen and oxygen atoms in total. The second-order valence-corrected chi connectivity index (χ2v) is 5.03. The van der Waals surface area contributed by atoms with Gasteiger partial charge in [-0.15, -0.1) is 0 Å². The lowest BCUT2D eigenvalue weighted by molar-refractivity contribution is -0.177. The summed E-state index contributed by atoms with van der Waals surface area (Å²) in [5.74, 6) is 1.45. The average molecular weight is 294 g/mol. The molecule has 0 spiro atoms. The Morgan fingerprint density at radius 1 is 1.40 bits per heavy atom. The van der Waals surface area contributed by atoms with Crippen molar-refractivity contribution in [2.24, 2.45) is 5.92 Å². The monoisotopic (exact) mass is 294 g/mol. The lowest BCUT2D eigenvalue weighted by Crippen LogP contribution is -2.21. The number of ether oxygens (including phenoxy) is 1. The van der Waals surface area contributed by atoms with E-state index >= 15 is 0 Å². The molecule has 0 bridgehead atoms. The highest BCUT2D eigenvalue weighted by Gasteiger charge is 2.27. The number of alkyl halides is 3. The first-order chi connectivity index (χ1) is 9.37. The molecule has 7 heteroatoms. The van der Waals surface area contributed by atoms with Crippen LogP contribution >= 0.6 is 0 Å². The zero-order chi connectivity index (χ0) is 15.0. The zero-order valence-corrected chi connectivity index (χ0v) is 11.8. The van der Waals surface area contributed by atoms with Crippen LogP contribution in [0.3, 0.4) is 0 Å². The minimum Gasteiger partial charge on any atom is -0.443 e. The third-order valence-electron chi connectivity index (χ3n) is 2.41. The summed E-state index contributed by atoms with van der Waals surface area (Å²) in [5.41, 5.74) is 0. The van der Waals surface area contributed by atoms with Gasteiger partial charge in [0.25, 0.3) is 0 Å². The molecule has 20 heavy (non-hydrogen) atoms. The van der Waals surface area contributed by atoms with Crippen LogP contribution in [0, 0.1) is 5.92 Å². The summed E-state index contributed by atoms with van der Waals surface area (Å²) >= 11 is 0. The fourth-order valence-corrected chi connectivity index (χ4v) is 1.55. The molecule has 0 fully saturated rings. The first-order valence-electron chi connectivity index (χ1n) is 6.65. The molecule has 0 aliphatic carbocycles. The van der Waals surface area contributed by atoms with Gasteiger partial charge in [0.05, 0.1) is 6.20 Å². The van der Waals surface area contributed by atoms with E-state index in [1.807, 2.05) is 0 Å². The normalized spacial score (nSPS) is 12.3. The highest BCUT2D eigenvalue weighted by atomic mass is 19.4. The minimum absolute atomic E-state index is 0.210. The summed E-state index contributed by atoms with van der Waals surface area (Å²) in [5, 5.41) is 3.29. The van der Waals surface area contributed by atoms with Crippen molar-refractivity contribution < 1.29 is 22.3 Å². The second kappa shape index (κ2) is 8.26. The molecule has 1 rings (SSSR count). The molecule has 0 aromatic carbocycles. The molecule has 0 amide bonds. The number of aryl methyl sites for hydroxylation is 1. The van der Waals surface area contributed by atoms with Gasteiger partial charge in [-0.1, -0.05) is 13.8 Å². The van der Waals surface area contributed by atoms with Crippen molar-refractivity contribution in [3.8, 4) is 0 Å². The van der Waals surface area contributed by atoms with Gasteiger partial charge in [-0.05, 0) is 25.4 Å². The van der Waals surface area contributed by atoms with Crippen LogP contribution in [-0.4, -0.2) is 30.9 Å². The maximum atomic E-state index is 11.9. The number of hydrogen-bond donors (Lipinski definition) is 1. The lowest BCUT2D eigenvalue weighted by Gasteiger charge is -2.06. The molecule has 1 N–H and O–H groups in total. The number of oxazole rings is 1. The Morgan fingerprint density at radius 2 is 2.15 bits per heavy atom. The topological polar surface area (TPSA) is 47.3 Å². The molecule has 0 radical (unpaired) electrons. The summed E-state index contributed by atoms with van der Waals surface area (Å²) in [4.78, 5) is 4.01. The average Bonchev–Trinajstić information content (AvgIpc) is 2.74.